The quantitative estimate of drug-likeness (QED) is 0.782. The van der Waals surface area contributed by atoms with Gasteiger partial charge in [-0.3, -0.25) is 0 Å². The van der Waals surface area contributed by atoms with Crippen molar-refractivity contribution in [1.82, 2.24) is 4.90 Å². The summed E-state index contributed by atoms with van der Waals surface area (Å²) in [7, 11) is 0. The van der Waals surface area contributed by atoms with Crippen molar-refractivity contribution in [3.63, 3.8) is 0 Å². The first-order valence-electron chi connectivity index (χ1n) is 6.68. The molecule has 1 saturated heterocycles. The van der Waals surface area contributed by atoms with Gasteiger partial charge in [0.25, 0.3) is 0 Å². The number of likely N-dealkylation sites (tertiary alicyclic amines) is 1. The number of hydrogen-bond acceptors (Lipinski definition) is 1. The zero-order valence-electron chi connectivity index (χ0n) is 11.8. The van der Waals surface area contributed by atoms with Crippen LogP contribution < -0.4 is 0 Å². The molecule has 0 amide bonds. The van der Waals surface area contributed by atoms with Gasteiger partial charge in [0.15, 0.2) is 0 Å². The third-order valence-electron chi connectivity index (χ3n) is 3.99. The van der Waals surface area contributed by atoms with Crippen LogP contribution in [0.1, 0.15) is 28.7 Å². The molecule has 0 aliphatic carbocycles. The number of nitrogens with zero attached hydrogens (tertiary/aromatic N) is 1. The molecule has 2 rings (SSSR count). The monoisotopic (exact) mass is 265 g/mol. The van der Waals surface area contributed by atoms with Crippen LogP contribution in [0.3, 0.4) is 0 Å². The van der Waals surface area contributed by atoms with Gasteiger partial charge in [0.1, 0.15) is 12.3 Å². The number of hydrogen-bond donors (Lipinski definition) is 0. The molecule has 2 unspecified atom stereocenters. The van der Waals surface area contributed by atoms with Gasteiger partial charge in [-0.25, -0.2) is 8.78 Å². The zero-order valence-corrected chi connectivity index (χ0v) is 11.8. The summed E-state index contributed by atoms with van der Waals surface area (Å²) in [4.78, 5) is 1.72. The van der Waals surface area contributed by atoms with Crippen molar-refractivity contribution < 1.29 is 8.78 Å². The standard InChI is InChI=1S/C16H21F2N/c1-10-5-14(6-11(2)12(10)3)13(4)19-8-15(17)7-16(18)9-19/h5-6,15-16H,4,7-9H2,1-3H3. The topological polar surface area (TPSA) is 3.24 Å². The van der Waals surface area contributed by atoms with Crippen LogP contribution >= 0.6 is 0 Å². The SMILES string of the molecule is C=C(c1cc(C)c(C)c(C)c1)N1CC(F)CC(F)C1. The maximum absolute atomic E-state index is 13.5. The lowest BCUT2D eigenvalue weighted by molar-refractivity contribution is 0.111. The molecule has 1 heterocycles. The van der Waals surface area contributed by atoms with E-state index in [1.807, 2.05) is 26.0 Å². The van der Waals surface area contributed by atoms with Crippen LogP contribution in [-0.4, -0.2) is 30.3 Å². The molecule has 1 aliphatic heterocycles. The minimum Gasteiger partial charge on any atom is -0.366 e. The first-order valence-corrected chi connectivity index (χ1v) is 6.68. The fraction of sp³-hybridized carbons (Fsp3) is 0.500. The normalized spacial score (nSPS) is 23.5. The van der Waals surface area contributed by atoms with Crippen LogP contribution in [0.25, 0.3) is 5.70 Å². The van der Waals surface area contributed by atoms with Gasteiger partial charge < -0.3 is 4.90 Å². The summed E-state index contributed by atoms with van der Waals surface area (Å²) in [5.41, 5.74) is 5.29. The fourth-order valence-corrected chi connectivity index (χ4v) is 2.58. The minimum absolute atomic E-state index is 0.00966. The van der Waals surface area contributed by atoms with Crippen molar-refractivity contribution in [3.05, 3.63) is 41.0 Å². The van der Waals surface area contributed by atoms with Gasteiger partial charge >= 0.3 is 0 Å². The van der Waals surface area contributed by atoms with E-state index >= 15 is 0 Å². The molecule has 0 saturated carbocycles. The highest BCUT2D eigenvalue weighted by Crippen LogP contribution is 2.27. The third-order valence-corrected chi connectivity index (χ3v) is 3.99. The number of benzene rings is 1. The predicted octanol–water partition coefficient (Wildman–Crippen LogP) is 3.96. The van der Waals surface area contributed by atoms with E-state index in [1.165, 1.54) is 16.7 Å². The molecule has 1 aromatic carbocycles. The van der Waals surface area contributed by atoms with Gasteiger partial charge in [-0.2, -0.15) is 0 Å². The van der Waals surface area contributed by atoms with E-state index in [0.717, 1.165) is 11.3 Å². The van der Waals surface area contributed by atoms with E-state index < -0.39 is 12.3 Å². The largest absolute Gasteiger partial charge is 0.366 e. The van der Waals surface area contributed by atoms with Gasteiger partial charge in [0, 0.05) is 25.2 Å². The Balaban J connectivity index is 2.24. The predicted molar refractivity (Wildman–Crippen MR) is 75.7 cm³/mol. The highest BCUT2D eigenvalue weighted by atomic mass is 19.1. The summed E-state index contributed by atoms with van der Waals surface area (Å²) < 4.78 is 26.9. The molecule has 1 aromatic rings. The Morgan fingerprint density at radius 3 is 2.05 bits per heavy atom. The molecular weight excluding hydrogens is 244 g/mol. The minimum atomic E-state index is -1.10. The van der Waals surface area contributed by atoms with Crippen molar-refractivity contribution in [1.29, 1.82) is 0 Å². The Bertz CT molecular complexity index is 463. The Hall–Kier alpha value is -1.38. The van der Waals surface area contributed by atoms with Crippen LogP contribution in [0.4, 0.5) is 8.78 Å². The Labute approximate surface area is 113 Å². The first-order chi connectivity index (χ1) is 8.88. The van der Waals surface area contributed by atoms with Crippen LogP contribution in [0.2, 0.25) is 0 Å². The fourth-order valence-electron chi connectivity index (χ4n) is 2.58. The second-order valence-electron chi connectivity index (χ2n) is 5.52. The molecule has 2 atom stereocenters. The van der Waals surface area contributed by atoms with Crippen LogP contribution in [0.5, 0.6) is 0 Å². The molecule has 0 spiro atoms. The summed E-state index contributed by atoms with van der Waals surface area (Å²) in [6.45, 7) is 10.7. The maximum Gasteiger partial charge on any atom is 0.120 e. The van der Waals surface area contributed by atoms with E-state index in [4.69, 9.17) is 0 Å². The highest BCUT2D eigenvalue weighted by molar-refractivity contribution is 5.64. The second-order valence-corrected chi connectivity index (χ2v) is 5.52. The van der Waals surface area contributed by atoms with Crippen molar-refractivity contribution in [3.8, 4) is 0 Å². The number of piperidine rings is 1. The molecule has 0 aromatic heterocycles. The Kier molecular flexibility index (Phi) is 3.93. The van der Waals surface area contributed by atoms with Crippen molar-refractivity contribution in [2.24, 2.45) is 0 Å². The molecule has 19 heavy (non-hydrogen) atoms. The smallest absolute Gasteiger partial charge is 0.120 e. The van der Waals surface area contributed by atoms with Crippen molar-refractivity contribution >= 4 is 5.70 Å². The summed E-state index contributed by atoms with van der Waals surface area (Å²) in [5, 5.41) is 0. The van der Waals surface area contributed by atoms with E-state index in [9.17, 15) is 8.78 Å². The van der Waals surface area contributed by atoms with Gasteiger partial charge in [-0.1, -0.05) is 6.58 Å². The molecule has 3 heteroatoms. The van der Waals surface area contributed by atoms with E-state index in [1.54, 1.807) is 4.90 Å². The third kappa shape index (κ3) is 2.96. The maximum atomic E-state index is 13.5. The van der Waals surface area contributed by atoms with Crippen molar-refractivity contribution in [2.75, 3.05) is 13.1 Å². The second kappa shape index (κ2) is 5.32. The van der Waals surface area contributed by atoms with Crippen LogP contribution in [0.15, 0.2) is 18.7 Å². The molecule has 1 aliphatic rings. The van der Waals surface area contributed by atoms with E-state index in [-0.39, 0.29) is 19.5 Å². The number of rotatable bonds is 2. The number of halogens is 2. The lowest BCUT2D eigenvalue weighted by Crippen LogP contribution is -2.41. The molecule has 0 bridgehead atoms. The van der Waals surface area contributed by atoms with Crippen molar-refractivity contribution in [2.45, 2.75) is 39.5 Å². The summed E-state index contributed by atoms with van der Waals surface area (Å²) in [6, 6.07) is 4.08. The van der Waals surface area contributed by atoms with Crippen LogP contribution in [-0.2, 0) is 0 Å². The lowest BCUT2D eigenvalue weighted by atomic mass is 9.98. The average molecular weight is 265 g/mol. The Morgan fingerprint density at radius 2 is 1.58 bits per heavy atom. The molecule has 0 N–H and O–H groups in total. The Morgan fingerprint density at radius 1 is 1.11 bits per heavy atom. The first kappa shape index (κ1) is 14.0. The summed E-state index contributed by atoms with van der Waals surface area (Å²) >= 11 is 0. The zero-order chi connectivity index (χ0) is 14.2. The molecule has 1 fully saturated rings. The van der Waals surface area contributed by atoms with E-state index in [2.05, 4.69) is 13.5 Å². The highest BCUT2D eigenvalue weighted by Gasteiger charge is 2.28. The van der Waals surface area contributed by atoms with Gasteiger partial charge in [0.05, 0.1) is 0 Å². The van der Waals surface area contributed by atoms with Crippen LogP contribution in [0, 0.1) is 20.8 Å². The molecule has 104 valence electrons. The van der Waals surface area contributed by atoms with Gasteiger partial charge in [-0.05, 0) is 55.2 Å². The summed E-state index contributed by atoms with van der Waals surface area (Å²) in [6.07, 6.45) is -2.20. The van der Waals surface area contributed by atoms with Gasteiger partial charge in [0.2, 0.25) is 0 Å². The average Bonchev–Trinajstić information content (AvgIpc) is 2.33. The number of aryl methyl sites for hydroxylation is 2. The lowest BCUT2D eigenvalue weighted by Gasteiger charge is -2.34. The molecule has 1 nitrogen and oxygen atoms in total. The summed E-state index contributed by atoms with van der Waals surface area (Å²) in [5.74, 6) is 0. The molecule has 0 radical (unpaired) electrons. The number of alkyl halides is 2. The van der Waals surface area contributed by atoms with Gasteiger partial charge in [-0.15, -0.1) is 0 Å². The molecular formula is C16H21F2N. The van der Waals surface area contributed by atoms with E-state index in [0.29, 0.717) is 0 Å².